The maximum Gasteiger partial charge on any atom is 0.472 e. The summed E-state index contributed by atoms with van der Waals surface area (Å²) in [6.45, 7) is 1.52. The van der Waals surface area contributed by atoms with Crippen LogP contribution in [-0.2, 0) is 46.5 Å². The molecule has 64 heavy (non-hydrogen) atoms. The molecule has 0 radical (unpaired) electrons. The minimum absolute atomic E-state index is 0.00303. The van der Waals surface area contributed by atoms with Crippen LogP contribution in [0.4, 0.5) is 0 Å². The van der Waals surface area contributed by atoms with Crippen molar-refractivity contribution in [2.24, 2.45) is 0 Å². The first kappa shape index (κ1) is 59.3. The molecule has 4 N–H and O–H groups in total. The monoisotopic (exact) mass is 943 g/mol. The number of ether oxygens (including phenoxy) is 3. The number of hydrogen-bond donors (Lipinski definition) is 4. The van der Waals surface area contributed by atoms with Gasteiger partial charge in [-0.05, 0) is 83.5 Å². The summed E-state index contributed by atoms with van der Waals surface area (Å²) in [6.07, 6.45) is 47.6. The Kier molecular flexibility index (Phi) is 36.5. The smallest absolute Gasteiger partial charge is 0.462 e. The molecule has 0 aliphatic carbocycles. The molecule has 5 atom stereocenters. The van der Waals surface area contributed by atoms with Crippen LogP contribution in [0.15, 0.2) is 85.1 Å². The molecule has 366 valence electrons. The summed E-state index contributed by atoms with van der Waals surface area (Å²) < 4.78 is 53.4. The topological polar surface area (TPSA) is 208 Å². The van der Waals surface area contributed by atoms with E-state index in [4.69, 9.17) is 28.5 Å². The number of aliphatic hydroxyl groups excluding tert-OH is 1. The Hall–Kier alpha value is -2.74. The summed E-state index contributed by atoms with van der Waals surface area (Å²) >= 11 is 0. The van der Waals surface area contributed by atoms with Crippen molar-refractivity contribution in [1.29, 1.82) is 0 Å². The van der Waals surface area contributed by atoms with E-state index in [1.165, 1.54) is 25.7 Å². The lowest BCUT2D eigenvalue weighted by atomic mass is 10.1. The lowest BCUT2D eigenvalue weighted by Crippen LogP contribution is -2.29. The molecular weight excluding hydrogens is 862 g/mol. The van der Waals surface area contributed by atoms with Crippen LogP contribution in [0, 0.1) is 0 Å². The Bertz CT molecular complexity index is 1510. The number of rotatable bonds is 42. The van der Waals surface area contributed by atoms with Crippen molar-refractivity contribution >= 4 is 27.6 Å². The second kappa shape index (κ2) is 39.4. The molecule has 0 aromatic rings. The van der Waals surface area contributed by atoms with E-state index in [9.17, 15) is 28.7 Å². The van der Waals surface area contributed by atoms with Gasteiger partial charge in [0.1, 0.15) is 12.7 Å². The van der Waals surface area contributed by atoms with Crippen molar-refractivity contribution in [2.75, 3.05) is 26.4 Å². The first-order chi connectivity index (χ1) is 30.8. The average molecular weight is 943 g/mol. The summed E-state index contributed by atoms with van der Waals surface area (Å²) in [4.78, 5) is 52.8. The van der Waals surface area contributed by atoms with Gasteiger partial charge in [0.05, 0.1) is 32.0 Å². The fourth-order valence-corrected chi connectivity index (χ4v) is 7.19. The number of carbonyl (C=O) groups is 2. The number of epoxide rings is 1. The van der Waals surface area contributed by atoms with E-state index in [2.05, 4.69) is 89.7 Å². The van der Waals surface area contributed by atoms with E-state index in [0.717, 1.165) is 83.5 Å². The minimum Gasteiger partial charge on any atom is -0.462 e. The molecule has 0 aromatic heterocycles. The normalized spacial score (nSPS) is 17.8. The second-order valence-corrected chi connectivity index (χ2v) is 18.4. The van der Waals surface area contributed by atoms with Gasteiger partial charge >= 0.3 is 27.6 Å². The fourth-order valence-electron chi connectivity index (χ4n) is 6.03. The quantitative estimate of drug-likeness (QED) is 0.0148. The summed E-state index contributed by atoms with van der Waals surface area (Å²) in [5, 5.41) is 9.76. The fraction of sp³-hybridized carbons (Fsp3) is 0.667. The maximum absolute atomic E-state index is 12.7. The Labute approximate surface area is 383 Å². The standard InChI is InChI=1S/C48H80O14P2/c1-3-5-7-8-9-10-11-12-13-14-15-16-20-23-26-29-33-37-47(50)57-41-44(42-60-64(55,56)59-40-43(49)39-58-63(52,53)54)61-48(51)38-34-30-27-24-21-18-17-19-22-25-28-32-36-46-45(62-46)35-31-6-4-2/h6,9-10,12-13,18-19,21-22,27-28,30-32,43-46,49H,3-5,7-8,11,14-17,20,23-26,29,33-42H2,1-2H3,(H,55,56)(H2,52,53,54)/b10-9-,13-12-,21-18-,22-19-,30-27-,31-6-,32-28-/t43-,44+,45?,46?/m0/s1. The SMILES string of the molecule is CC/C=C\CC1OC1C/C=C\C/C=C\C/C=C\C/C=C\CCC(=O)O[C@H](COC(=O)CCCCCCCCC/C=C\C/C=C\CCCCC)COP(=O)(O)OC[C@@H](O)COP(=O)(O)O. The molecule has 0 spiro atoms. The third kappa shape index (κ3) is 39.6. The summed E-state index contributed by atoms with van der Waals surface area (Å²) in [6, 6.07) is 0. The lowest BCUT2D eigenvalue weighted by Gasteiger charge is -2.20. The zero-order valence-corrected chi connectivity index (χ0v) is 40.3. The van der Waals surface area contributed by atoms with Crippen molar-refractivity contribution in [1.82, 2.24) is 0 Å². The van der Waals surface area contributed by atoms with Crippen molar-refractivity contribution < 1.29 is 66.3 Å². The van der Waals surface area contributed by atoms with Gasteiger partial charge in [0.15, 0.2) is 6.10 Å². The highest BCUT2D eigenvalue weighted by atomic mass is 31.2. The van der Waals surface area contributed by atoms with Gasteiger partial charge in [-0.15, -0.1) is 0 Å². The number of unbranched alkanes of at least 4 members (excludes halogenated alkanes) is 10. The molecule has 1 fully saturated rings. The van der Waals surface area contributed by atoms with E-state index in [0.29, 0.717) is 31.5 Å². The average Bonchev–Trinajstić information content (AvgIpc) is 4.01. The van der Waals surface area contributed by atoms with Gasteiger partial charge in [-0.25, -0.2) is 9.13 Å². The number of aliphatic hydroxyl groups is 1. The third-order valence-corrected chi connectivity index (χ3v) is 11.1. The third-order valence-electron chi connectivity index (χ3n) is 9.67. The highest BCUT2D eigenvalue weighted by molar-refractivity contribution is 7.47. The molecule has 0 aromatic carbocycles. The Balaban J connectivity index is 2.39. The van der Waals surface area contributed by atoms with Gasteiger partial charge < -0.3 is 34.0 Å². The summed E-state index contributed by atoms with van der Waals surface area (Å²) in [5.41, 5.74) is 0. The molecule has 1 heterocycles. The molecule has 1 aliphatic rings. The zero-order chi connectivity index (χ0) is 47.0. The van der Waals surface area contributed by atoms with Crippen LogP contribution < -0.4 is 0 Å². The molecule has 16 heteroatoms. The maximum atomic E-state index is 12.7. The first-order valence-corrected chi connectivity index (χ1v) is 26.4. The van der Waals surface area contributed by atoms with Gasteiger partial charge in [0, 0.05) is 12.8 Å². The molecule has 0 amide bonds. The summed E-state index contributed by atoms with van der Waals surface area (Å²) in [7, 11) is -9.72. The van der Waals surface area contributed by atoms with E-state index in [-0.39, 0.29) is 12.8 Å². The zero-order valence-electron chi connectivity index (χ0n) is 38.5. The molecule has 1 rings (SSSR count). The van der Waals surface area contributed by atoms with Crippen molar-refractivity contribution in [3.05, 3.63) is 85.1 Å². The molecule has 0 bridgehead atoms. The number of hydrogen-bond acceptors (Lipinski definition) is 11. The Morgan fingerprint density at radius 2 is 1.03 bits per heavy atom. The minimum atomic E-state index is -4.88. The Morgan fingerprint density at radius 1 is 0.547 bits per heavy atom. The highest BCUT2D eigenvalue weighted by Gasteiger charge is 2.36. The van der Waals surface area contributed by atoms with Crippen LogP contribution in [0.1, 0.15) is 155 Å². The van der Waals surface area contributed by atoms with Gasteiger partial charge in [-0.3, -0.25) is 23.2 Å². The van der Waals surface area contributed by atoms with E-state index >= 15 is 0 Å². The molecule has 0 saturated carbocycles. The van der Waals surface area contributed by atoms with Crippen LogP contribution in [0.25, 0.3) is 0 Å². The van der Waals surface area contributed by atoms with E-state index < -0.39 is 66.2 Å². The number of phosphoric acid groups is 2. The summed E-state index contributed by atoms with van der Waals surface area (Å²) in [5.74, 6) is -1.15. The molecule has 1 saturated heterocycles. The second-order valence-electron chi connectivity index (χ2n) is 15.7. The van der Waals surface area contributed by atoms with Crippen LogP contribution in [-0.4, -0.2) is 82.6 Å². The highest BCUT2D eigenvalue weighted by Crippen LogP contribution is 2.44. The first-order valence-electron chi connectivity index (χ1n) is 23.4. The lowest BCUT2D eigenvalue weighted by molar-refractivity contribution is -0.161. The van der Waals surface area contributed by atoms with Crippen LogP contribution in [0.5, 0.6) is 0 Å². The van der Waals surface area contributed by atoms with Crippen molar-refractivity contribution in [2.45, 2.75) is 180 Å². The number of phosphoric ester groups is 2. The molecule has 3 unspecified atom stereocenters. The van der Waals surface area contributed by atoms with Crippen LogP contribution in [0.3, 0.4) is 0 Å². The van der Waals surface area contributed by atoms with E-state index in [1.807, 2.05) is 18.2 Å². The predicted octanol–water partition coefficient (Wildman–Crippen LogP) is 11.3. The molecule has 1 aliphatic heterocycles. The van der Waals surface area contributed by atoms with Gasteiger partial charge in [0.2, 0.25) is 0 Å². The van der Waals surface area contributed by atoms with E-state index in [1.54, 1.807) is 0 Å². The van der Waals surface area contributed by atoms with Crippen molar-refractivity contribution in [3.8, 4) is 0 Å². The number of esters is 2. The van der Waals surface area contributed by atoms with Crippen molar-refractivity contribution in [3.63, 3.8) is 0 Å². The van der Waals surface area contributed by atoms with Crippen LogP contribution >= 0.6 is 15.6 Å². The Morgan fingerprint density at radius 3 is 1.61 bits per heavy atom. The predicted molar refractivity (Wildman–Crippen MR) is 252 cm³/mol. The molecular formula is C48H80O14P2. The number of allylic oxidation sites excluding steroid dienone is 12. The van der Waals surface area contributed by atoms with Gasteiger partial charge in [0.25, 0.3) is 0 Å². The largest absolute Gasteiger partial charge is 0.472 e. The van der Waals surface area contributed by atoms with Crippen LogP contribution in [0.2, 0.25) is 0 Å². The molecule has 14 nitrogen and oxygen atoms in total. The number of carbonyl (C=O) groups excluding carboxylic acids is 2. The van der Waals surface area contributed by atoms with Gasteiger partial charge in [-0.1, -0.05) is 144 Å². The van der Waals surface area contributed by atoms with Gasteiger partial charge in [-0.2, -0.15) is 0 Å².